The fourth-order valence-corrected chi connectivity index (χ4v) is 2.80. The summed E-state index contributed by atoms with van der Waals surface area (Å²) in [6.45, 7) is 12.2. The van der Waals surface area contributed by atoms with E-state index in [-0.39, 0.29) is 5.54 Å². The Morgan fingerprint density at radius 2 is 1.43 bits per heavy atom. The topological polar surface area (TPSA) is 30.5 Å². The molecule has 0 atom stereocenters. The van der Waals surface area contributed by atoms with Gasteiger partial charge in [0.1, 0.15) is 0 Å². The molecule has 0 aliphatic heterocycles. The predicted octanol–water partition coefficient (Wildman–Crippen LogP) is 1.94. The lowest BCUT2D eigenvalue weighted by Gasteiger charge is -2.26. The molecule has 3 nitrogen and oxygen atoms in total. The molecule has 86 valence electrons. The summed E-state index contributed by atoms with van der Waals surface area (Å²) in [7, 11) is -1.64. The molecule has 0 aliphatic carbocycles. The van der Waals surface area contributed by atoms with Crippen molar-refractivity contribution in [2.24, 2.45) is 0 Å². The number of nitrogens with one attached hydrogen (secondary N) is 1. The Kier molecular flexibility index (Phi) is 7.45. The lowest BCUT2D eigenvalue weighted by molar-refractivity contribution is 0.177. The van der Waals surface area contributed by atoms with Crippen molar-refractivity contribution in [1.29, 1.82) is 0 Å². The van der Waals surface area contributed by atoms with E-state index in [1.54, 1.807) is 0 Å². The third-order valence-electron chi connectivity index (χ3n) is 1.50. The molecule has 4 heteroatoms. The van der Waals surface area contributed by atoms with Crippen LogP contribution >= 0.6 is 0 Å². The maximum atomic E-state index is 5.67. The summed E-state index contributed by atoms with van der Waals surface area (Å²) in [6.07, 6.45) is 2.09. The standard InChI is InChI=1S/C10H25NO2Si/c1-6-8-12-14(13-9-7-2)11-10(3,4)5/h11,14H,6-9H2,1-5H3. The van der Waals surface area contributed by atoms with Gasteiger partial charge in [-0.25, -0.2) is 0 Å². The number of hydrogen-bond donors (Lipinski definition) is 1. The number of hydrogen-bond acceptors (Lipinski definition) is 3. The van der Waals surface area contributed by atoms with E-state index < -0.39 is 9.45 Å². The van der Waals surface area contributed by atoms with Crippen LogP contribution in [0.15, 0.2) is 0 Å². The van der Waals surface area contributed by atoms with Crippen LogP contribution in [0.3, 0.4) is 0 Å². The molecule has 14 heavy (non-hydrogen) atoms. The molecule has 0 rings (SSSR count). The van der Waals surface area contributed by atoms with Gasteiger partial charge in [-0.1, -0.05) is 13.8 Å². The van der Waals surface area contributed by atoms with Gasteiger partial charge in [0.25, 0.3) is 0 Å². The zero-order valence-electron chi connectivity index (χ0n) is 10.2. The van der Waals surface area contributed by atoms with Crippen LogP contribution in [0.2, 0.25) is 0 Å². The van der Waals surface area contributed by atoms with E-state index in [2.05, 4.69) is 39.6 Å². The van der Waals surface area contributed by atoms with E-state index in [4.69, 9.17) is 8.85 Å². The van der Waals surface area contributed by atoms with E-state index in [0.717, 1.165) is 26.1 Å². The van der Waals surface area contributed by atoms with Gasteiger partial charge in [-0.2, -0.15) is 0 Å². The minimum Gasteiger partial charge on any atom is -0.385 e. The van der Waals surface area contributed by atoms with Gasteiger partial charge in [0.15, 0.2) is 0 Å². The van der Waals surface area contributed by atoms with Crippen molar-refractivity contribution < 1.29 is 8.85 Å². The second-order valence-electron chi connectivity index (χ2n) is 4.47. The summed E-state index contributed by atoms with van der Waals surface area (Å²) in [4.78, 5) is 3.42. The van der Waals surface area contributed by atoms with Gasteiger partial charge in [0, 0.05) is 18.8 Å². The molecular weight excluding hydrogens is 194 g/mol. The number of rotatable bonds is 7. The van der Waals surface area contributed by atoms with Crippen molar-refractivity contribution in [3.8, 4) is 0 Å². The Hall–Kier alpha value is 0.0969. The molecule has 0 aromatic carbocycles. The second kappa shape index (κ2) is 7.40. The summed E-state index contributed by atoms with van der Waals surface area (Å²) in [5.41, 5.74) is 0.0817. The molecule has 0 unspecified atom stereocenters. The molecule has 0 aromatic heterocycles. The molecule has 0 heterocycles. The maximum Gasteiger partial charge on any atom is 0.408 e. The first-order valence-corrected chi connectivity index (χ1v) is 7.02. The highest BCUT2D eigenvalue weighted by Crippen LogP contribution is 2.02. The highest BCUT2D eigenvalue weighted by molar-refractivity contribution is 6.41. The largest absolute Gasteiger partial charge is 0.408 e. The molecule has 0 amide bonds. The van der Waals surface area contributed by atoms with Gasteiger partial charge in [0.2, 0.25) is 0 Å². The van der Waals surface area contributed by atoms with Crippen LogP contribution < -0.4 is 4.98 Å². The van der Waals surface area contributed by atoms with Crippen molar-refractivity contribution in [2.45, 2.75) is 53.0 Å². The van der Waals surface area contributed by atoms with E-state index >= 15 is 0 Å². The summed E-state index contributed by atoms with van der Waals surface area (Å²) < 4.78 is 11.3. The molecular formula is C10H25NO2Si. The molecule has 0 saturated heterocycles. The minimum absolute atomic E-state index is 0.0817. The monoisotopic (exact) mass is 219 g/mol. The van der Waals surface area contributed by atoms with Crippen LogP contribution in [0, 0.1) is 0 Å². The van der Waals surface area contributed by atoms with Gasteiger partial charge in [-0.3, -0.25) is 4.98 Å². The third-order valence-corrected chi connectivity index (χ3v) is 3.68. The van der Waals surface area contributed by atoms with Crippen molar-refractivity contribution in [1.82, 2.24) is 4.98 Å². The van der Waals surface area contributed by atoms with Crippen LogP contribution in [-0.4, -0.2) is 28.2 Å². The molecule has 0 spiro atoms. The van der Waals surface area contributed by atoms with Crippen LogP contribution in [0.5, 0.6) is 0 Å². The summed E-state index contributed by atoms with van der Waals surface area (Å²) >= 11 is 0. The Labute approximate surface area is 90.1 Å². The molecule has 1 N–H and O–H groups in total. The Morgan fingerprint density at radius 1 is 1.00 bits per heavy atom. The fourth-order valence-electron chi connectivity index (χ4n) is 0.935. The molecule has 0 aliphatic rings. The van der Waals surface area contributed by atoms with Gasteiger partial charge < -0.3 is 8.85 Å². The smallest absolute Gasteiger partial charge is 0.385 e. The van der Waals surface area contributed by atoms with Gasteiger partial charge >= 0.3 is 9.45 Å². The normalized spacial score (nSPS) is 12.4. The lowest BCUT2D eigenvalue weighted by atomic mass is 10.1. The van der Waals surface area contributed by atoms with Crippen molar-refractivity contribution in [2.75, 3.05) is 13.2 Å². The first kappa shape index (κ1) is 14.1. The van der Waals surface area contributed by atoms with Gasteiger partial charge in [-0.05, 0) is 33.6 Å². The van der Waals surface area contributed by atoms with E-state index in [9.17, 15) is 0 Å². The average Bonchev–Trinajstić information content (AvgIpc) is 2.07. The van der Waals surface area contributed by atoms with Crippen LogP contribution in [0.1, 0.15) is 47.5 Å². The van der Waals surface area contributed by atoms with E-state index in [0.29, 0.717) is 0 Å². The summed E-state index contributed by atoms with van der Waals surface area (Å²) in [6, 6.07) is 0. The predicted molar refractivity (Wildman–Crippen MR) is 62.5 cm³/mol. The highest BCUT2D eigenvalue weighted by Gasteiger charge is 2.20. The van der Waals surface area contributed by atoms with E-state index in [1.807, 2.05) is 0 Å². The fraction of sp³-hybridized carbons (Fsp3) is 1.00. The van der Waals surface area contributed by atoms with Crippen LogP contribution in [0.25, 0.3) is 0 Å². The zero-order valence-corrected chi connectivity index (χ0v) is 11.4. The van der Waals surface area contributed by atoms with Crippen LogP contribution in [0.4, 0.5) is 0 Å². The van der Waals surface area contributed by atoms with Crippen molar-refractivity contribution >= 4 is 9.45 Å². The molecule has 0 aromatic rings. The summed E-state index contributed by atoms with van der Waals surface area (Å²) in [5, 5.41) is 0. The van der Waals surface area contributed by atoms with Gasteiger partial charge in [-0.15, -0.1) is 0 Å². The average molecular weight is 219 g/mol. The van der Waals surface area contributed by atoms with Crippen LogP contribution in [-0.2, 0) is 8.85 Å². The molecule has 0 bridgehead atoms. The summed E-state index contributed by atoms with van der Waals surface area (Å²) in [5.74, 6) is 0. The molecule has 0 saturated carbocycles. The van der Waals surface area contributed by atoms with Crippen molar-refractivity contribution in [3.05, 3.63) is 0 Å². The Balaban J connectivity index is 3.84. The van der Waals surface area contributed by atoms with Gasteiger partial charge in [0.05, 0.1) is 0 Å². The molecule has 0 fully saturated rings. The first-order chi connectivity index (χ1) is 6.49. The third kappa shape index (κ3) is 8.68. The SMILES string of the molecule is CCCO[SiH](NC(C)(C)C)OCCC. The second-order valence-corrected chi connectivity index (χ2v) is 6.09. The Bertz CT molecular complexity index is 129. The van der Waals surface area contributed by atoms with E-state index in [1.165, 1.54) is 0 Å². The lowest BCUT2D eigenvalue weighted by Crippen LogP contribution is -2.50. The minimum atomic E-state index is -1.64. The zero-order chi connectivity index (χ0) is 11.0. The van der Waals surface area contributed by atoms with Crippen molar-refractivity contribution in [3.63, 3.8) is 0 Å². The first-order valence-electron chi connectivity index (χ1n) is 5.50. The quantitative estimate of drug-likeness (QED) is 0.664. The highest BCUT2D eigenvalue weighted by atomic mass is 28.3. The Morgan fingerprint density at radius 3 is 1.71 bits per heavy atom. The maximum absolute atomic E-state index is 5.67. The molecule has 0 radical (unpaired) electrons.